The van der Waals surface area contributed by atoms with E-state index in [1.54, 1.807) is 23.7 Å². The number of aliphatic imine (C=N–C) groups is 1. The Kier molecular flexibility index (Phi) is 5.62. The van der Waals surface area contributed by atoms with Gasteiger partial charge in [0, 0.05) is 58.2 Å². The van der Waals surface area contributed by atoms with Gasteiger partial charge in [-0.1, -0.05) is 13.8 Å². The standard InChI is InChI=1S/C29H26N8OS/c1-15(2)29(38)35-18-9-17(11-30-12-18)21-10-19-22(13-34-21)31-6-7-33-25(19)27-28-26(37-28)23-20(36-27)3-5-32-24(23)16-4-8-39-14-16/h3-5,8-15,26,31,36-37H,6-7H2,1-2H3,(H,35,38). The van der Waals surface area contributed by atoms with Crippen molar-refractivity contribution in [1.82, 2.24) is 20.3 Å². The van der Waals surface area contributed by atoms with Crippen LogP contribution in [0, 0.1) is 5.92 Å². The Bertz CT molecular complexity index is 1670. The lowest BCUT2D eigenvalue weighted by atomic mass is 9.96. The monoisotopic (exact) mass is 534 g/mol. The minimum atomic E-state index is -0.122. The summed E-state index contributed by atoms with van der Waals surface area (Å²) in [7, 11) is 0. The maximum absolute atomic E-state index is 12.2. The number of hydrogen-bond acceptors (Lipinski definition) is 9. The third kappa shape index (κ3) is 4.22. The molecule has 0 aromatic carbocycles. The second-order valence-electron chi connectivity index (χ2n) is 10.0. The molecule has 0 bridgehead atoms. The summed E-state index contributed by atoms with van der Waals surface area (Å²) in [6.45, 7) is 5.09. The summed E-state index contributed by atoms with van der Waals surface area (Å²) in [6.07, 6.45) is 7.11. The molecule has 1 unspecified atom stereocenters. The van der Waals surface area contributed by atoms with Crippen molar-refractivity contribution in [3.8, 4) is 22.5 Å². The van der Waals surface area contributed by atoms with E-state index in [1.165, 1.54) is 5.56 Å². The number of thiophene rings is 1. The van der Waals surface area contributed by atoms with Crippen molar-refractivity contribution < 1.29 is 4.79 Å². The van der Waals surface area contributed by atoms with Crippen molar-refractivity contribution in [2.75, 3.05) is 29.0 Å². The van der Waals surface area contributed by atoms with Crippen molar-refractivity contribution in [1.29, 1.82) is 0 Å². The maximum Gasteiger partial charge on any atom is 0.226 e. The first kappa shape index (κ1) is 23.5. The highest BCUT2D eigenvalue weighted by molar-refractivity contribution is 7.08. The van der Waals surface area contributed by atoms with Crippen LogP contribution in [-0.4, -0.2) is 39.7 Å². The Morgan fingerprint density at radius 3 is 2.87 bits per heavy atom. The van der Waals surface area contributed by atoms with E-state index in [9.17, 15) is 4.79 Å². The van der Waals surface area contributed by atoms with Crippen LogP contribution in [0.3, 0.4) is 0 Å². The van der Waals surface area contributed by atoms with Crippen molar-refractivity contribution in [2.45, 2.75) is 19.9 Å². The number of carbonyl (C=O) groups is 1. The molecule has 0 spiro atoms. The molecule has 0 aliphatic carbocycles. The zero-order chi connectivity index (χ0) is 26.5. The Balaban J connectivity index is 1.26. The number of carbonyl (C=O) groups excluding carboxylic acids is 1. The quantitative estimate of drug-likeness (QED) is 0.264. The van der Waals surface area contributed by atoms with Gasteiger partial charge in [-0.3, -0.25) is 24.7 Å². The van der Waals surface area contributed by atoms with Gasteiger partial charge in [-0.25, -0.2) is 0 Å². The van der Waals surface area contributed by atoms with Gasteiger partial charge in [0.2, 0.25) is 5.91 Å². The minimum Gasteiger partial charge on any atom is -0.381 e. The van der Waals surface area contributed by atoms with Crippen LogP contribution in [0.15, 0.2) is 76.2 Å². The van der Waals surface area contributed by atoms with E-state index >= 15 is 0 Å². The summed E-state index contributed by atoms with van der Waals surface area (Å²) in [5, 5.41) is 17.9. The van der Waals surface area contributed by atoms with Crippen molar-refractivity contribution in [3.05, 3.63) is 82.3 Å². The van der Waals surface area contributed by atoms with Gasteiger partial charge in [-0.2, -0.15) is 11.3 Å². The number of rotatable bonds is 5. The highest BCUT2D eigenvalue weighted by Gasteiger charge is 2.43. The average molecular weight is 535 g/mol. The van der Waals surface area contributed by atoms with Gasteiger partial charge in [0.1, 0.15) is 0 Å². The summed E-state index contributed by atoms with van der Waals surface area (Å²) in [4.78, 5) is 31.0. The molecule has 194 valence electrons. The van der Waals surface area contributed by atoms with Gasteiger partial charge in [0.25, 0.3) is 0 Å². The van der Waals surface area contributed by atoms with Crippen LogP contribution in [0.1, 0.15) is 31.0 Å². The first-order chi connectivity index (χ1) is 19.1. The Labute approximate surface area is 229 Å². The number of amides is 1. The first-order valence-electron chi connectivity index (χ1n) is 12.9. The molecular weight excluding hydrogens is 508 g/mol. The number of nitrogens with one attached hydrogen (secondary N) is 4. The molecule has 1 fully saturated rings. The summed E-state index contributed by atoms with van der Waals surface area (Å²) in [5.41, 5.74) is 11.4. The maximum atomic E-state index is 12.2. The predicted octanol–water partition coefficient (Wildman–Crippen LogP) is 5.06. The first-order valence-corrected chi connectivity index (χ1v) is 13.9. The van der Waals surface area contributed by atoms with Crippen LogP contribution >= 0.6 is 11.3 Å². The van der Waals surface area contributed by atoms with E-state index in [2.05, 4.69) is 43.1 Å². The van der Waals surface area contributed by atoms with Gasteiger partial charge in [0.05, 0.1) is 64.8 Å². The van der Waals surface area contributed by atoms with Crippen LogP contribution in [0.5, 0.6) is 0 Å². The topological polar surface area (TPSA) is 126 Å². The predicted molar refractivity (Wildman–Crippen MR) is 155 cm³/mol. The molecule has 3 aliphatic heterocycles. The SMILES string of the molecule is CC(C)C(=O)Nc1cncc(-c2cc3c(cn2)NCCN=C3C2=C3NC3c3c(ccnc3-c3ccsc3)N2)c1. The lowest BCUT2D eigenvalue weighted by Crippen LogP contribution is -2.18. The largest absolute Gasteiger partial charge is 0.381 e. The number of fused-ring (bicyclic) bond motifs is 4. The van der Waals surface area contributed by atoms with Gasteiger partial charge in [0.15, 0.2) is 0 Å². The molecule has 0 saturated carbocycles. The molecule has 39 heavy (non-hydrogen) atoms. The zero-order valence-corrected chi connectivity index (χ0v) is 22.3. The molecule has 1 saturated heterocycles. The molecule has 9 nitrogen and oxygen atoms in total. The lowest BCUT2D eigenvalue weighted by Gasteiger charge is -2.21. The fraction of sp³-hybridized carbons (Fsp3) is 0.207. The van der Waals surface area contributed by atoms with Crippen molar-refractivity contribution in [2.24, 2.45) is 10.9 Å². The van der Waals surface area contributed by atoms with Crippen LogP contribution in [0.25, 0.3) is 22.5 Å². The number of anilines is 3. The van der Waals surface area contributed by atoms with E-state index < -0.39 is 0 Å². The molecule has 4 aromatic rings. The highest BCUT2D eigenvalue weighted by Crippen LogP contribution is 2.48. The number of hydrogen-bond donors (Lipinski definition) is 4. The lowest BCUT2D eigenvalue weighted by molar-refractivity contribution is -0.118. The highest BCUT2D eigenvalue weighted by atomic mass is 32.1. The molecule has 7 rings (SSSR count). The molecule has 4 aromatic heterocycles. The second-order valence-corrected chi connectivity index (χ2v) is 10.8. The van der Waals surface area contributed by atoms with Gasteiger partial charge >= 0.3 is 0 Å². The molecule has 0 radical (unpaired) electrons. The molecule has 4 N–H and O–H groups in total. The van der Waals surface area contributed by atoms with Crippen LogP contribution in [0.4, 0.5) is 17.1 Å². The molecule has 1 amide bonds. The van der Waals surface area contributed by atoms with Gasteiger partial charge in [-0.05, 0) is 29.6 Å². The molecule has 7 heterocycles. The Hall–Kier alpha value is -4.57. The Morgan fingerprint density at radius 1 is 1.10 bits per heavy atom. The van der Waals surface area contributed by atoms with Crippen LogP contribution in [-0.2, 0) is 4.79 Å². The van der Waals surface area contributed by atoms with E-state index in [0.29, 0.717) is 12.2 Å². The zero-order valence-electron chi connectivity index (χ0n) is 21.4. The van der Waals surface area contributed by atoms with Crippen molar-refractivity contribution in [3.63, 3.8) is 0 Å². The van der Waals surface area contributed by atoms with E-state index in [0.717, 1.165) is 63.1 Å². The number of pyridine rings is 3. The summed E-state index contributed by atoms with van der Waals surface area (Å²) in [6, 6.07) is 8.19. The summed E-state index contributed by atoms with van der Waals surface area (Å²) >= 11 is 1.67. The summed E-state index contributed by atoms with van der Waals surface area (Å²) in [5.74, 6) is -0.174. The van der Waals surface area contributed by atoms with Crippen molar-refractivity contribution >= 4 is 40.0 Å². The average Bonchev–Trinajstić information content (AvgIpc) is 3.63. The number of aromatic nitrogens is 3. The molecule has 1 atom stereocenters. The van der Waals surface area contributed by atoms with E-state index in [1.807, 2.05) is 44.4 Å². The van der Waals surface area contributed by atoms with Crippen LogP contribution in [0.2, 0.25) is 0 Å². The fourth-order valence-corrected chi connectivity index (χ4v) is 5.62. The third-order valence-electron chi connectivity index (χ3n) is 7.03. The Morgan fingerprint density at radius 2 is 2.03 bits per heavy atom. The fourth-order valence-electron chi connectivity index (χ4n) is 4.98. The molecular formula is C29H26N8OS. The minimum absolute atomic E-state index is 0.0524. The summed E-state index contributed by atoms with van der Waals surface area (Å²) < 4.78 is 0. The second kappa shape index (κ2) is 9.32. The van der Waals surface area contributed by atoms with E-state index in [-0.39, 0.29) is 17.9 Å². The van der Waals surface area contributed by atoms with Gasteiger partial charge in [-0.15, -0.1) is 0 Å². The number of allylic oxidation sites excluding steroid dienone is 1. The normalized spacial score (nSPS) is 17.0. The van der Waals surface area contributed by atoms with Crippen LogP contribution < -0.4 is 21.3 Å². The molecule has 10 heteroatoms. The van der Waals surface area contributed by atoms with Gasteiger partial charge < -0.3 is 21.3 Å². The number of nitrogens with zero attached hydrogens (tertiary/aromatic N) is 4. The molecule has 3 aliphatic rings. The van der Waals surface area contributed by atoms with E-state index in [4.69, 9.17) is 15.0 Å². The third-order valence-corrected chi connectivity index (χ3v) is 7.71. The smallest absolute Gasteiger partial charge is 0.226 e.